The maximum Gasteiger partial charge on any atom is 0.0186 e. The van der Waals surface area contributed by atoms with E-state index in [9.17, 15) is 0 Å². The van der Waals surface area contributed by atoms with E-state index in [0.29, 0.717) is 45.0 Å². The molecule has 82 valence electrons. The summed E-state index contributed by atoms with van der Waals surface area (Å²) in [6, 6.07) is 0. The molecule has 0 saturated carbocycles. The summed E-state index contributed by atoms with van der Waals surface area (Å²) < 4.78 is 0. The third kappa shape index (κ3) is 1.81. The van der Waals surface area contributed by atoms with Crippen LogP contribution < -0.4 is 0 Å². The summed E-state index contributed by atoms with van der Waals surface area (Å²) in [6.45, 7) is 15.8. The lowest BCUT2D eigenvalue weighted by Gasteiger charge is -2.26. The van der Waals surface area contributed by atoms with E-state index in [1.165, 1.54) is 10.8 Å². The molecule has 14 heavy (non-hydrogen) atoms. The molecule has 2 unspecified atom stereocenters. The van der Waals surface area contributed by atoms with E-state index in [4.69, 9.17) is 0 Å². The normalized spacial score (nSPS) is 63.0. The highest BCUT2D eigenvalue weighted by Crippen LogP contribution is 3.09. The van der Waals surface area contributed by atoms with Crippen molar-refractivity contribution in [2.24, 2.45) is 0 Å². The molecule has 0 amide bonds. The fourth-order valence-electron chi connectivity index (χ4n) is 2.39. The summed E-state index contributed by atoms with van der Waals surface area (Å²) in [4.78, 5) is 0. The molecule has 2 aliphatic rings. The van der Waals surface area contributed by atoms with Crippen molar-refractivity contribution in [2.75, 3.05) is 40.0 Å². The van der Waals surface area contributed by atoms with Crippen LogP contribution in [0.1, 0.15) is 0 Å². The average Bonchev–Trinajstić information content (AvgIpc) is 2.51. The predicted molar refractivity (Wildman–Crippen MR) is 84.6 cm³/mol. The first-order valence-corrected chi connectivity index (χ1v) is 18.7. The highest BCUT2D eigenvalue weighted by Gasteiger charge is 2.55. The molecular formula is C8H20P6. The monoisotopic (exact) mass is 302 g/mol. The van der Waals surface area contributed by atoms with E-state index in [-0.39, 0.29) is 0 Å². The van der Waals surface area contributed by atoms with Crippen LogP contribution >= 0.6 is 45.0 Å². The Hall–Kier alpha value is 2.58. The van der Waals surface area contributed by atoms with Crippen LogP contribution in [-0.2, 0) is 0 Å². The van der Waals surface area contributed by atoms with Gasteiger partial charge in [-0.3, -0.25) is 0 Å². The standard InChI is InChI=1S/C8H20P6/c1-9-7-8(11(3)13(9)5)12(4)14(6)10(7)2/h7-8H,1-6H3/t7?,8?,9-,10+,11-,12+,13?,14?. The predicted octanol–water partition coefficient (Wildman–Crippen LogP) is 6.00. The first-order valence-electron chi connectivity index (χ1n) is 4.85. The number of fused-ring (bicyclic) bond motifs is 1. The van der Waals surface area contributed by atoms with Gasteiger partial charge in [0.1, 0.15) is 0 Å². The van der Waals surface area contributed by atoms with Crippen LogP contribution in [0.15, 0.2) is 0 Å². The Balaban J connectivity index is 2.29. The maximum atomic E-state index is 2.64. The number of rotatable bonds is 0. The van der Waals surface area contributed by atoms with Gasteiger partial charge in [-0.15, -0.1) is 0 Å². The molecule has 6 atom stereocenters. The van der Waals surface area contributed by atoms with Crippen molar-refractivity contribution in [1.82, 2.24) is 0 Å². The molecule has 2 aliphatic heterocycles. The van der Waals surface area contributed by atoms with Gasteiger partial charge in [-0.25, -0.2) is 0 Å². The zero-order valence-electron chi connectivity index (χ0n) is 9.84. The lowest BCUT2D eigenvalue weighted by Crippen LogP contribution is -2.05. The van der Waals surface area contributed by atoms with Gasteiger partial charge in [0.2, 0.25) is 0 Å². The molecule has 0 spiro atoms. The Bertz CT molecular complexity index is 190. The summed E-state index contributed by atoms with van der Waals surface area (Å²) >= 11 is 0. The van der Waals surface area contributed by atoms with Gasteiger partial charge in [-0.1, -0.05) is 45.0 Å². The molecule has 0 bridgehead atoms. The van der Waals surface area contributed by atoms with E-state index >= 15 is 0 Å². The van der Waals surface area contributed by atoms with E-state index in [2.05, 4.69) is 40.0 Å². The summed E-state index contributed by atoms with van der Waals surface area (Å²) in [5, 5.41) is 2.53. The SMILES string of the molecule is CP1[P@](C)C2C([P@@]1C)[P@](C)P(C)[P@@]2C. The van der Waals surface area contributed by atoms with Crippen LogP contribution in [0, 0.1) is 0 Å². The van der Waals surface area contributed by atoms with Crippen molar-refractivity contribution in [3.05, 3.63) is 0 Å². The summed E-state index contributed by atoms with van der Waals surface area (Å²) in [5.74, 6) is 0. The summed E-state index contributed by atoms with van der Waals surface area (Å²) in [5.41, 5.74) is 0. The zero-order chi connectivity index (χ0) is 10.6. The molecule has 0 aromatic heterocycles. The van der Waals surface area contributed by atoms with Gasteiger partial charge in [0.15, 0.2) is 0 Å². The Morgan fingerprint density at radius 1 is 0.500 bits per heavy atom. The van der Waals surface area contributed by atoms with Crippen molar-refractivity contribution in [2.45, 2.75) is 10.8 Å². The molecule has 2 heterocycles. The molecule has 0 nitrogen and oxygen atoms in total. The van der Waals surface area contributed by atoms with Crippen LogP contribution in [0.3, 0.4) is 0 Å². The van der Waals surface area contributed by atoms with E-state index in [1.54, 1.807) is 0 Å². The second-order valence-corrected chi connectivity index (χ2v) is 30.4. The lowest BCUT2D eigenvalue weighted by atomic mass is 10.9. The van der Waals surface area contributed by atoms with E-state index in [0.717, 1.165) is 0 Å². The van der Waals surface area contributed by atoms with Crippen molar-refractivity contribution >= 4 is 45.0 Å². The number of hydrogen-bond donors (Lipinski definition) is 0. The second kappa shape index (κ2) is 4.69. The zero-order valence-corrected chi connectivity index (χ0v) is 15.2. The van der Waals surface area contributed by atoms with Gasteiger partial charge in [-0.2, -0.15) is 0 Å². The first-order chi connectivity index (χ1) is 6.46. The van der Waals surface area contributed by atoms with Crippen LogP contribution in [0.5, 0.6) is 0 Å². The van der Waals surface area contributed by atoms with Crippen LogP contribution in [0.2, 0.25) is 0 Å². The molecule has 0 aromatic carbocycles. The Morgan fingerprint density at radius 2 is 0.714 bits per heavy atom. The highest BCUT2D eigenvalue weighted by atomic mass is 32.5. The third-order valence-electron chi connectivity index (χ3n) is 3.62. The minimum atomic E-state index is 0.456. The quantitative estimate of drug-likeness (QED) is 0.482. The molecule has 0 radical (unpaired) electrons. The van der Waals surface area contributed by atoms with Gasteiger partial charge in [0, 0.05) is 10.8 Å². The molecule has 2 fully saturated rings. The molecule has 6 heteroatoms. The van der Waals surface area contributed by atoms with Gasteiger partial charge in [0.05, 0.1) is 0 Å². The Kier molecular flexibility index (Phi) is 4.36. The van der Waals surface area contributed by atoms with E-state index in [1.807, 2.05) is 0 Å². The lowest BCUT2D eigenvalue weighted by molar-refractivity contribution is 1.32. The van der Waals surface area contributed by atoms with Gasteiger partial charge in [-0.05, 0) is 40.0 Å². The molecular weight excluding hydrogens is 282 g/mol. The minimum Gasteiger partial charge on any atom is -0.0710 e. The Labute approximate surface area is 95.9 Å². The third-order valence-corrected chi connectivity index (χ3v) is 42.9. The second-order valence-electron chi connectivity index (χ2n) is 4.10. The fraction of sp³-hybridized carbons (Fsp3) is 1.00. The van der Waals surface area contributed by atoms with Crippen molar-refractivity contribution in [1.29, 1.82) is 0 Å². The fourth-order valence-corrected chi connectivity index (χ4v) is 53.3. The first kappa shape index (κ1) is 13.0. The summed E-state index contributed by atoms with van der Waals surface area (Å²) in [7, 11) is 2.78. The van der Waals surface area contributed by atoms with Gasteiger partial charge < -0.3 is 0 Å². The largest absolute Gasteiger partial charge is 0.0710 e. The smallest absolute Gasteiger partial charge is 0.0186 e. The van der Waals surface area contributed by atoms with Crippen molar-refractivity contribution < 1.29 is 0 Å². The average molecular weight is 302 g/mol. The molecule has 2 saturated heterocycles. The van der Waals surface area contributed by atoms with Crippen LogP contribution in [-0.4, -0.2) is 50.8 Å². The van der Waals surface area contributed by atoms with E-state index < -0.39 is 0 Å². The van der Waals surface area contributed by atoms with Crippen LogP contribution in [0.25, 0.3) is 0 Å². The summed E-state index contributed by atoms with van der Waals surface area (Å²) in [6.07, 6.45) is 0. The molecule has 0 aromatic rings. The molecule has 0 N–H and O–H groups in total. The minimum absolute atomic E-state index is 0.456. The van der Waals surface area contributed by atoms with Gasteiger partial charge >= 0.3 is 0 Å². The highest BCUT2D eigenvalue weighted by molar-refractivity contribution is 8.72. The molecule has 2 rings (SSSR count). The molecule has 0 aliphatic carbocycles. The van der Waals surface area contributed by atoms with Crippen molar-refractivity contribution in [3.8, 4) is 0 Å². The van der Waals surface area contributed by atoms with Crippen molar-refractivity contribution in [3.63, 3.8) is 0 Å². The Morgan fingerprint density at radius 3 is 0.929 bits per heavy atom. The topological polar surface area (TPSA) is 0 Å². The maximum absolute atomic E-state index is 2.64. The van der Waals surface area contributed by atoms with Gasteiger partial charge in [0.25, 0.3) is 0 Å². The number of hydrogen-bond acceptors (Lipinski definition) is 0. The van der Waals surface area contributed by atoms with Crippen LogP contribution in [0.4, 0.5) is 0 Å².